The van der Waals surface area contributed by atoms with Crippen LogP contribution in [0.3, 0.4) is 0 Å². The Morgan fingerprint density at radius 2 is 1.94 bits per heavy atom. The van der Waals surface area contributed by atoms with Gasteiger partial charge in [-0.1, -0.05) is 29.5 Å². The second kappa shape index (κ2) is 4.20. The van der Waals surface area contributed by atoms with Gasteiger partial charge in [-0.15, -0.1) is 0 Å². The predicted octanol–water partition coefficient (Wildman–Crippen LogP) is 0.915. The standard InChI is InChI=1S/C10H11NO3S2/c1-7-2-4-8(5-3-7)16(13,14)11-9-6-15-10(9)12/h2-5,9,11H,6H2,1H3/t9-/m0/s1. The molecule has 0 unspecified atom stereocenters. The van der Waals surface area contributed by atoms with Crippen molar-refractivity contribution in [2.75, 3.05) is 5.75 Å². The Bertz CT molecular complexity index is 507. The zero-order valence-corrected chi connectivity index (χ0v) is 10.3. The minimum atomic E-state index is -3.55. The van der Waals surface area contributed by atoms with Crippen LogP contribution in [-0.2, 0) is 14.8 Å². The van der Waals surface area contributed by atoms with E-state index in [1.165, 1.54) is 12.1 Å². The summed E-state index contributed by atoms with van der Waals surface area (Å²) in [6.45, 7) is 1.88. The zero-order chi connectivity index (χ0) is 11.8. The van der Waals surface area contributed by atoms with Crippen LogP contribution in [0.5, 0.6) is 0 Å². The highest BCUT2D eigenvalue weighted by Crippen LogP contribution is 2.22. The highest BCUT2D eigenvalue weighted by molar-refractivity contribution is 8.16. The lowest BCUT2D eigenvalue weighted by Crippen LogP contribution is -2.47. The highest BCUT2D eigenvalue weighted by Gasteiger charge is 2.33. The Morgan fingerprint density at radius 3 is 2.38 bits per heavy atom. The van der Waals surface area contributed by atoms with Gasteiger partial charge < -0.3 is 0 Å². The van der Waals surface area contributed by atoms with Crippen LogP contribution in [0.4, 0.5) is 0 Å². The van der Waals surface area contributed by atoms with Gasteiger partial charge in [0.2, 0.25) is 15.1 Å². The molecule has 0 radical (unpaired) electrons. The van der Waals surface area contributed by atoms with Gasteiger partial charge in [0.25, 0.3) is 0 Å². The van der Waals surface area contributed by atoms with Crippen LogP contribution in [-0.4, -0.2) is 25.3 Å². The molecule has 1 aromatic carbocycles. The van der Waals surface area contributed by atoms with Gasteiger partial charge in [0.05, 0.1) is 4.90 Å². The van der Waals surface area contributed by atoms with Crippen molar-refractivity contribution in [1.82, 2.24) is 4.72 Å². The van der Waals surface area contributed by atoms with Crippen molar-refractivity contribution < 1.29 is 13.2 Å². The van der Waals surface area contributed by atoms with Crippen LogP contribution < -0.4 is 4.72 Å². The fourth-order valence-electron chi connectivity index (χ4n) is 1.29. The summed E-state index contributed by atoms with van der Waals surface area (Å²) < 4.78 is 26.0. The molecule has 1 atom stereocenters. The van der Waals surface area contributed by atoms with Gasteiger partial charge in [-0.05, 0) is 19.1 Å². The average molecular weight is 257 g/mol. The van der Waals surface area contributed by atoms with Crippen LogP contribution in [0.15, 0.2) is 29.2 Å². The number of sulfonamides is 1. The molecule has 0 spiro atoms. The van der Waals surface area contributed by atoms with Crippen LogP contribution in [0, 0.1) is 6.92 Å². The van der Waals surface area contributed by atoms with E-state index >= 15 is 0 Å². The van der Waals surface area contributed by atoms with E-state index in [0.717, 1.165) is 17.3 Å². The Kier molecular flexibility index (Phi) is 3.05. The molecule has 1 aliphatic heterocycles. The molecule has 1 aliphatic rings. The first-order chi connectivity index (χ1) is 7.49. The quantitative estimate of drug-likeness (QED) is 0.874. The average Bonchev–Trinajstić information content (AvgIpc) is 2.25. The summed E-state index contributed by atoms with van der Waals surface area (Å²) in [7, 11) is -3.55. The van der Waals surface area contributed by atoms with Gasteiger partial charge >= 0.3 is 0 Å². The number of carbonyl (C=O) groups is 1. The van der Waals surface area contributed by atoms with E-state index in [9.17, 15) is 13.2 Å². The van der Waals surface area contributed by atoms with Crippen molar-refractivity contribution >= 4 is 26.9 Å². The summed E-state index contributed by atoms with van der Waals surface area (Å²) in [4.78, 5) is 11.2. The highest BCUT2D eigenvalue weighted by atomic mass is 32.2. The lowest BCUT2D eigenvalue weighted by Gasteiger charge is -2.23. The Labute approximate surface area is 98.5 Å². The third-order valence-electron chi connectivity index (χ3n) is 2.31. The summed E-state index contributed by atoms with van der Waals surface area (Å²) in [6, 6.07) is 5.97. The Balaban J connectivity index is 2.18. The Hall–Kier alpha value is -0.850. The monoisotopic (exact) mass is 257 g/mol. The first-order valence-corrected chi connectivity index (χ1v) is 7.21. The van der Waals surface area contributed by atoms with Crippen molar-refractivity contribution in [3.8, 4) is 0 Å². The maximum absolute atomic E-state index is 11.8. The van der Waals surface area contributed by atoms with Gasteiger partial charge in [0, 0.05) is 5.75 Å². The van der Waals surface area contributed by atoms with Crippen LogP contribution in [0.2, 0.25) is 0 Å². The third kappa shape index (κ3) is 2.28. The number of aryl methyl sites for hydroxylation is 1. The normalized spacial score (nSPS) is 20.6. The first-order valence-electron chi connectivity index (χ1n) is 4.75. The second-order valence-electron chi connectivity index (χ2n) is 3.62. The van der Waals surface area contributed by atoms with E-state index in [1.807, 2.05) is 6.92 Å². The second-order valence-corrected chi connectivity index (χ2v) is 6.36. The van der Waals surface area contributed by atoms with Crippen molar-refractivity contribution in [2.24, 2.45) is 0 Å². The van der Waals surface area contributed by atoms with Crippen LogP contribution in [0.25, 0.3) is 0 Å². The summed E-state index contributed by atoms with van der Waals surface area (Å²) in [5.41, 5.74) is 0.995. The fraction of sp³-hybridized carbons (Fsp3) is 0.300. The smallest absolute Gasteiger partial charge is 0.241 e. The molecule has 6 heteroatoms. The van der Waals surface area contributed by atoms with Crippen LogP contribution >= 0.6 is 11.8 Å². The number of rotatable bonds is 3. The molecule has 0 amide bonds. The fourth-order valence-corrected chi connectivity index (χ4v) is 3.28. The van der Waals surface area contributed by atoms with Crippen molar-refractivity contribution in [1.29, 1.82) is 0 Å². The molecule has 16 heavy (non-hydrogen) atoms. The number of nitrogens with one attached hydrogen (secondary N) is 1. The lowest BCUT2D eigenvalue weighted by molar-refractivity contribution is -0.113. The molecular weight excluding hydrogens is 246 g/mol. The number of benzene rings is 1. The predicted molar refractivity (Wildman–Crippen MR) is 62.8 cm³/mol. The van der Waals surface area contributed by atoms with Crippen molar-refractivity contribution in [2.45, 2.75) is 17.9 Å². The van der Waals surface area contributed by atoms with Crippen LogP contribution in [0.1, 0.15) is 5.56 Å². The molecule has 0 aromatic heterocycles. The largest absolute Gasteiger partial charge is 0.285 e. The molecule has 1 saturated heterocycles. The first kappa shape index (κ1) is 11.6. The molecule has 0 aliphatic carbocycles. The maximum atomic E-state index is 11.8. The zero-order valence-electron chi connectivity index (χ0n) is 8.64. The summed E-state index contributed by atoms with van der Waals surface area (Å²) >= 11 is 1.14. The molecule has 0 saturated carbocycles. The minimum absolute atomic E-state index is 0.115. The summed E-state index contributed by atoms with van der Waals surface area (Å²) in [5.74, 6) is 0.518. The van der Waals surface area contributed by atoms with E-state index in [0.29, 0.717) is 5.75 Å². The molecule has 4 nitrogen and oxygen atoms in total. The molecule has 1 N–H and O–H groups in total. The molecule has 1 heterocycles. The minimum Gasteiger partial charge on any atom is -0.285 e. The number of hydrogen-bond donors (Lipinski definition) is 1. The lowest BCUT2D eigenvalue weighted by atomic mass is 10.2. The van der Waals surface area contributed by atoms with E-state index < -0.39 is 16.1 Å². The van der Waals surface area contributed by atoms with E-state index in [2.05, 4.69) is 4.72 Å². The molecule has 1 aromatic rings. The van der Waals surface area contributed by atoms with Gasteiger partial charge in [-0.2, -0.15) is 4.72 Å². The molecule has 2 rings (SSSR count). The van der Waals surface area contributed by atoms with E-state index in [-0.39, 0.29) is 10.0 Å². The number of carbonyl (C=O) groups excluding carboxylic acids is 1. The molecular formula is C10H11NO3S2. The van der Waals surface area contributed by atoms with Crippen molar-refractivity contribution in [3.63, 3.8) is 0 Å². The molecule has 1 fully saturated rings. The van der Waals surface area contributed by atoms with Gasteiger partial charge in [-0.25, -0.2) is 8.42 Å². The van der Waals surface area contributed by atoms with Gasteiger partial charge in [0.15, 0.2) is 0 Å². The Morgan fingerprint density at radius 1 is 1.31 bits per heavy atom. The van der Waals surface area contributed by atoms with Gasteiger partial charge in [0.1, 0.15) is 6.04 Å². The number of thioether (sulfide) groups is 1. The summed E-state index contributed by atoms with van der Waals surface area (Å²) in [5, 5.41) is -0.115. The van der Waals surface area contributed by atoms with E-state index in [4.69, 9.17) is 0 Å². The maximum Gasteiger partial charge on any atom is 0.241 e. The number of hydrogen-bond acceptors (Lipinski definition) is 4. The third-order valence-corrected chi connectivity index (χ3v) is 4.86. The summed E-state index contributed by atoms with van der Waals surface area (Å²) in [6.07, 6.45) is 0. The molecule has 86 valence electrons. The van der Waals surface area contributed by atoms with Gasteiger partial charge in [-0.3, -0.25) is 4.79 Å². The SMILES string of the molecule is Cc1ccc(S(=O)(=O)N[C@H]2CSC2=O)cc1. The topological polar surface area (TPSA) is 63.2 Å². The van der Waals surface area contributed by atoms with Crippen molar-refractivity contribution in [3.05, 3.63) is 29.8 Å². The van der Waals surface area contributed by atoms with E-state index in [1.54, 1.807) is 12.1 Å². The molecule has 0 bridgehead atoms.